The SMILES string of the molecule is c1cc(-c2ccccc2-c2ccc3c4c(cccc24)-c2ccccc2O3)cc(-n2c3ccccc3c3c4ccccc4ccc32)c1. The molecule has 1 aliphatic rings. The first kappa shape index (κ1) is 25.2. The highest BCUT2D eigenvalue weighted by atomic mass is 16.5. The van der Waals surface area contributed by atoms with Crippen LogP contribution in [0.1, 0.15) is 0 Å². The molecule has 9 aromatic rings. The van der Waals surface area contributed by atoms with E-state index in [9.17, 15) is 0 Å². The third kappa shape index (κ3) is 3.59. The molecule has 0 N–H and O–H groups in total. The van der Waals surface area contributed by atoms with E-state index < -0.39 is 0 Å². The van der Waals surface area contributed by atoms with Crippen LogP contribution in [-0.4, -0.2) is 4.57 Å². The van der Waals surface area contributed by atoms with E-state index in [0.717, 1.165) is 22.7 Å². The molecule has 1 aliphatic heterocycles. The largest absolute Gasteiger partial charge is 0.456 e. The van der Waals surface area contributed by atoms with Crippen LogP contribution in [0, 0.1) is 0 Å². The van der Waals surface area contributed by atoms with Crippen LogP contribution in [0.2, 0.25) is 0 Å². The topological polar surface area (TPSA) is 14.2 Å². The summed E-state index contributed by atoms with van der Waals surface area (Å²) in [6, 6.07) is 59.0. The molecule has 2 heterocycles. The Hall–Kier alpha value is -6.12. The maximum atomic E-state index is 6.41. The lowest BCUT2D eigenvalue weighted by Gasteiger charge is -2.23. The van der Waals surface area contributed by atoms with E-state index in [1.54, 1.807) is 0 Å². The van der Waals surface area contributed by atoms with Crippen molar-refractivity contribution in [2.75, 3.05) is 0 Å². The average Bonchev–Trinajstić information content (AvgIpc) is 3.47. The van der Waals surface area contributed by atoms with Gasteiger partial charge in [0.25, 0.3) is 0 Å². The van der Waals surface area contributed by atoms with Crippen LogP contribution in [0.5, 0.6) is 11.5 Å². The van der Waals surface area contributed by atoms with E-state index in [1.807, 2.05) is 12.1 Å². The molecule has 10 rings (SSSR count). The van der Waals surface area contributed by atoms with E-state index in [1.165, 1.54) is 71.2 Å². The smallest absolute Gasteiger partial charge is 0.135 e. The normalized spacial score (nSPS) is 12.1. The summed E-state index contributed by atoms with van der Waals surface area (Å²) in [6.45, 7) is 0. The summed E-state index contributed by atoms with van der Waals surface area (Å²) >= 11 is 0. The summed E-state index contributed by atoms with van der Waals surface area (Å²) in [4.78, 5) is 0. The summed E-state index contributed by atoms with van der Waals surface area (Å²) in [6.07, 6.45) is 0. The molecule has 1 aromatic heterocycles. The number of ether oxygens (including phenoxy) is 1. The van der Waals surface area contributed by atoms with Crippen molar-refractivity contribution < 1.29 is 4.74 Å². The number of rotatable bonds is 3. The van der Waals surface area contributed by atoms with Gasteiger partial charge in [0.1, 0.15) is 11.5 Å². The van der Waals surface area contributed by atoms with E-state index in [-0.39, 0.29) is 0 Å². The second-order valence-electron chi connectivity index (χ2n) is 12.1. The van der Waals surface area contributed by atoms with Gasteiger partial charge in [0, 0.05) is 27.4 Å². The fourth-order valence-electron chi connectivity index (χ4n) is 7.61. The minimum Gasteiger partial charge on any atom is -0.456 e. The molecule has 8 aromatic carbocycles. The van der Waals surface area contributed by atoms with Crippen LogP contribution in [0.4, 0.5) is 0 Å². The van der Waals surface area contributed by atoms with E-state index in [4.69, 9.17) is 4.74 Å². The van der Waals surface area contributed by atoms with Crippen LogP contribution in [-0.2, 0) is 0 Å². The van der Waals surface area contributed by atoms with Crippen molar-refractivity contribution in [1.29, 1.82) is 0 Å². The van der Waals surface area contributed by atoms with Gasteiger partial charge >= 0.3 is 0 Å². The van der Waals surface area contributed by atoms with Crippen molar-refractivity contribution in [3.05, 3.63) is 164 Å². The first-order valence-corrected chi connectivity index (χ1v) is 15.8. The quantitative estimate of drug-likeness (QED) is 0.201. The average molecular weight is 586 g/mol. The Morgan fingerprint density at radius 3 is 2.02 bits per heavy atom. The van der Waals surface area contributed by atoms with Gasteiger partial charge in [-0.25, -0.2) is 0 Å². The maximum Gasteiger partial charge on any atom is 0.135 e. The van der Waals surface area contributed by atoms with Gasteiger partial charge in [0.2, 0.25) is 0 Å². The summed E-state index contributed by atoms with van der Waals surface area (Å²) < 4.78 is 8.82. The Labute approximate surface area is 266 Å². The van der Waals surface area contributed by atoms with Gasteiger partial charge in [0.15, 0.2) is 0 Å². The van der Waals surface area contributed by atoms with Crippen molar-refractivity contribution in [1.82, 2.24) is 4.57 Å². The van der Waals surface area contributed by atoms with Crippen molar-refractivity contribution in [3.63, 3.8) is 0 Å². The molecule has 0 unspecified atom stereocenters. The van der Waals surface area contributed by atoms with Crippen molar-refractivity contribution in [3.8, 4) is 50.6 Å². The molecular formula is C44H27NO. The highest BCUT2D eigenvalue weighted by molar-refractivity contribution is 6.21. The van der Waals surface area contributed by atoms with Crippen LogP contribution in [0.25, 0.3) is 82.4 Å². The van der Waals surface area contributed by atoms with Crippen molar-refractivity contribution in [2.24, 2.45) is 0 Å². The number of hydrogen-bond acceptors (Lipinski definition) is 1. The standard InChI is InChI=1S/C44H27NO/c1-2-15-32-28(11-1)23-25-40-43(32)38-18-5-7-21-39(38)45(40)30-13-9-12-29(27-30)31-14-3-4-16-33(31)34-24-26-42-44-36(34)19-10-20-37(44)35-17-6-8-22-41(35)46-42/h1-27H. The van der Waals surface area contributed by atoms with Crippen LogP contribution < -0.4 is 4.74 Å². The van der Waals surface area contributed by atoms with Gasteiger partial charge in [-0.2, -0.15) is 0 Å². The van der Waals surface area contributed by atoms with Crippen LogP contribution in [0.15, 0.2) is 164 Å². The molecule has 2 heteroatoms. The summed E-state index contributed by atoms with van der Waals surface area (Å²) in [5, 5.41) is 7.48. The highest BCUT2D eigenvalue weighted by Crippen LogP contribution is 2.49. The minimum atomic E-state index is 0.908. The van der Waals surface area contributed by atoms with E-state index >= 15 is 0 Å². The molecule has 2 nitrogen and oxygen atoms in total. The monoisotopic (exact) mass is 585 g/mol. The van der Waals surface area contributed by atoms with Crippen LogP contribution >= 0.6 is 0 Å². The predicted molar refractivity (Wildman–Crippen MR) is 192 cm³/mol. The highest BCUT2D eigenvalue weighted by Gasteiger charge is 2.22. The van der Waals surface area contributed by atoms with Gasteiger partial charge < -0.3 is 9.30 Å². The van der Waals surface area contributed by atoms with E-state index in [2.05, 4.69) is 156 Å². The molecule has 0 radical (unpaired) electrons. The summed E-state index contributed by atoms with van der Waals surface area (Å²) in [5.41, 5.74) is 10.7. The number of nitrogens with zero attached hydrogens (tertiary/aromatic N) is 1. The maximum absolute atomic E-state index is 6.41. The first-order valence-electron chi connectivity index (χ1n) is 15.8. The predicted octanol–water partition coefficient (Wildman–Crippen LogP) is 12.2. The van der Waals surface area contributed by atoms with Crippen molar-refractivity contribution in [2.45, 2.75) is 0 Å². The zero-order chi connectivity index (χ0) is 30.2. The van der Waals surface area contributed by atoms with Crippen molar-refractivity contribution >= 4 is 43.4 Å². The third-order valence-electron chi connectivity index (χ3n) is 9.59. The molecule has 0 spiro atoms. The molecular weight excluding hydrogens is 558 g/mol. The third-order valence-corrected chi connectivity index (χ3v) is 9.59. The Bertz CT molecular complexity index is 2680. The second-order valence-corrected chi connectivity index (χ2v) is 12.1. The molecule has 0 aliphatic carbocycles. The molecule has 0 amide bonds. The molecule has 46 heavy (non-hydrogen) atoms. The fraction of sp³-hybridized carbons (Fsp3) is 0. The number of aromatic nitrogens is 1. The van der Waals surface area contributed by atoms with Gasteiger partial charge in [-0.05, 0) is 80.4 Å². The Morgan fingerprint density at radius 1 is 0.370 bits per heavy atom. The molecule has 0 saturated heterocycles. The molecule has 0 fully saturated rings. The van der Waals surface area contributed by atoms with Gasteiger partial charge in [-0.1, -0.05) is 127 Å². The van der Waals surface area contributed by atoms with Gasteiger partial charge in [0.05, 0.1) is 11.0 Å². The second kappa shape index (κ2) is 9.69. The Kier molecular flexibility index (Phi) is 5.31. The molecule has 214 valence electrons. The summed E-state index contributed by atoms with van der Waals surface area (Å²) in [5.74, 6) is 1.82. The molecule has 0 atom stereocenters. The lowest BCUT2D eigenvalue weighted by molar-refractivity contribution is 0.487. The van der Waals surface area contributed by atoms with Gasteiger partial charge in [-0.15, -0.1) is 0 Å². The lowest BCUT2D eigenvalue weighted by atomic mass is 9.88. The van der Waals surface area contributed by atoms with Gasteiger partial charge in [-0.3, -0.25) is 0 Å². The van der Waals surface area contributed by atoms with E-state index in [0.29, 0.717) is 0 Å². The Morgan fingerprint density at radius 2 is 1.09 bits per heavy atom. The number of para-hydroxylation sites is 2. The number of benzene rings is 8. The molecule has 0 saturated carbocycles. The Balaban J connectivity index is 1.18. The number of hydrogen-bond donors (Lipinski definition) is 0. The minimum absolute atomic E-state index is 0.908. The molecule has 0 bridgehead atoms. The number of fused-ring (bicyclic) bond motifs is 7. The zero-order valence-corrected chi connectivity index (χ0v) is 24.9. The fourth-order valence-corrected chi connectivity index (χ4v) is 7.61. The first-order chi connectivity index (χ1) is 22.8. The lowest BCUT2D eigenvalue weighted by Crippen LogP contribution is -1.98. The summed E-state index contributed by atoms with van der Waals surface area (Å²) in [7, 11) is 0. The van der Waals surface area contributed by atoms with Crippen LogP contribution in [0.3, 0.4) is 0 Å². The zero-order valence-electron chi connectivity index (χ0n) is 24.9.